The lowest BCUT2D eigenvalue weighted by Gasteiger charge is -2.70. The highest BCUT2D eigenvalue weighted by Gasteiger charge is 2.94. The number of piperidine rings is 1. The summed E-state index contributed by atoms with van der Waals surface area (Å²) in [5.41, 5.74) is -1.91. The Kier molecular flexibility index (Phi) is 7.53. The molecule has 1 aromatic carbocycles. The van der Waals surface area contributed by atoms with Crippen molar-refractivity contribution in [2.24, 2.45) is 40.4 Å². The average molecular weight is 695 g/mol. The van der Waals surface area contributed by atoms with E-state index in [1.807, 2.05) is 14.2 Å². The third-order valence-corrected chi connectivity index (χ3v) is 15.1. The van der Waals surface area contributed by atoms with Crippen molar-refractivity contribution in [1.29, 1.82) is 0 Å². The number of esters is 1. The Labute approximate surface area is 293 Å². The van der Waals surface area contributed by atoms with Crippen LogP contribution in [0.25, 0.3) is 0 Å². The highest BCUT2D eigenvalue weighted by molar-refractivity contribution is 6.22. The Hall–Kier alpha value is -2.45. The number of para-hydroxylation sites is 1. The highest BCUT2D eigenvalue weighted by Crippen LogP contribution is 2.82. The molecule has 2 amide bonds. The molecule has 272 valence electrons. The van der Waals surface area contributed by atoms with Gasteiger partial charge in [0.2, 0.25) is 11.8 Å². The highest BCUT2D eigenvalue weighted by atomic mass is 16.7. The molecule has 1 unspecified atom stereocenters. The van der Waals surface area contributed by atoms with Gasteiger partial charge in [-0.15, -0.1) is 0 Å². The molecule has 3 spiro atoms. The van der Waals surface area contributed by atoms with Gasteiger partial charge < -0.3 is 33.2 Å². The zero-order valence-corrected chi connectivity index (χ0v) is 29.9. The summed E-state index contributed by atoms with van der Waals surface area (Å²) in [6.45, 7) is 5.73. The summed E-state index contributed by atoms with van der Waals surface area (Å²) in [7, 11) is 7.24. The van der Waals surface area contributed by atoms with Crippen molar-refractivity contribution in [3.63, 3.8) is 0 Å². The Bertz CT molecular complexity index is 1610. The fourth-order valence-corrected chi connectivity index (χ4v) is 13.9. The van der Waals surface area contributed by atoms with Crippen LogP contribution in [0.2, 0.25) is 0 Å². The van der Waals surface area contributed by atoms with Crippen LogP contribution in [0.1, 0.15) is 56.3 Å². The molecule has 9 rings (SSSR count). The van der Waals surface area contributed by atoms with Crippen LogP contribution in [0.15, 0.2) is 24.3 Å². The molecule has 14 atom stereocenters. The molecule has 0 aromatic heterocycles. The van der Waals surface area contributed by atoms with Crippen LogP contribution >= 0.6 is 0 Å². The van der Waals surface area contributed by atoms with Crippen LogP contribution < -0.4 is 4.90 Å². The molecule has 7 bridgehead atoms. The van der Waals surface area contributed by atoms with Crippen molar-refractivity contribution in [3.8, 4) is 0 Å². The number of amides is 2. The number of rotatable bonds is 9. The number of nitrogens with zero attached hydrogens (tertiary/aromatic N) is 2. The number of imide groups is 1. The molecule has 50 heavy (non-hydrogen) atoms. The van der Waals surface area contributed by atoms with Gasteiger partial charge in [-0.3, -0.25) is 14.5 Å². The van der Waals surface area contributed by atoms with Crippen LogP contribution in [0.5, 0.6) is 0 Å². The van der Waals surface area contributed by atoms with E-state index in [2.05, 4.69) is 11.8 Å². The number of hydrogen-bond donors (Lipinski definition) is 0. The number of anilines is 1. The van der Waals surface area contributed by atoms with Crippen molar-refractivity contribution in [1.82, 2.24) is 4.90 Å². The molecule has 0 N–H and O–H groups in total. The van der Waals surface area contributed by atoms with Crippen molar-refractivity contribution >= 4 is 23.5 Å². The molecule has 1 aromatic rings. The van der Waals surface area contributed by atoms with Crippen molar-refractivity contribution in [2.45, 2.75) is 87.6 Å². The van der Waals surface area contributed by atoms with Crippen molar-refractivity contribution in [3.05, 3.63) is 29.8 Å². The van der Waals surface area contributed by atoms with Gasteiger partial charge in [-0.05, 0) is 43.9 Å². The minimum atomic E-state index is -0.820. The van der Waals surface area contributed by atoms with E-state index in [0.717, 1.165) is 30.7 Å². The second-order valence-corrected chi connectivity index (χ2v) is 16.3. The number of methoxy groups -OCH3 is 4. The fourth-order valence-electron chi connectivity index (χ4n) is 13.9. The zero-order valence-electron chi connectivity index (χ0n) is 29.9. The summed E-state index contributed by atoms with van der Waals surface area (Å²) < 4.78 is 46.5. The number of benzene rings is 1. The lowest BCUT2D eigenvalue weighted by molar-refractivity contribution is -0.286. The molecule has 3 heterocycles. The first kappa shape index (κ1) is 33.4. The molecule has 12 nitrogen and oxygen atoms in total. The van der Waals surface area contributed by atoms with Gasteiger partial charge in [0.25, 0.3) is 0 Å². The SMILES string of the molecule is CCN1C[C@]2(COC(=O)c3ccccc3N3C(=O)C[C@H](C)C3=O)CC[C@H](OC)[C@@]34C1[C@@]1(OCO[C@]15C[C@H](OC)[C@H]1C[C@@H]3[C@@H]5[C@H]1OC)[C@@H](OC)[C@H]24. The van der Waals surface area contributed by atoms with E-state index in [4.69, 9.17) is 33.2 Å². The zero-order chi connectivity index (χ0) is 35.0. The standard InChI is InChI=1S/C38H50N2O10/c1-7-39-17-35(18-48-33(43)21-10-8-9-11-24(21)40-27(41)14-20(2)32(40)42)13-12-26(45-4)37-23-15-22-25(44-3)16-36(28(23)29(22)46-5)38(34(37)39,50-19-49-36)31(47-6)30(35)37/h8-11,20,22-23,25-26,28-31,34H,7,12-19H2,1-6H3/t20-,22+,23+,25-,26-,28+,29-,30+,31-,34?,35-,36-,37-,38-/m0/s1. The largest absolute Gasteiger partial charge is 0.461 e. The third kappa shape index (κ3) is 3.64. The summed E-state index contributed by atoms with van der Waals surface area (Å²) >= 11 is 0. The van der Waals surface area contributed by atoms with E-state index in [1.165, 1.54) is 0 Å². The molecule has 8 fully saturated rings. The van der Waals surface area contributed by atoms with E-state index in [1.54, 1.807) is 45.4 Å². The number of hydrogen-bond acceptors (Lipinski definition) is 11. The van der Waals surface area contributed by atoms with Crippen LogP contribution in [0, 0.1) is 40.4 Å². The van der Waals surface area contributed by atoms with E-state index >= 15 is 0 Å². The molecular weight excluding hydrogens is 644 g/mol. The maximum absolute atomic E-state index is 14.2. The van der Waals surface area contributed by atoms with E-state index in [0.29, 0.717) is 13.0 Å². The number of carbonyl (C=O) groups is 3. The first-order chi connectivity index (χ1) is 24.1. The number of likely N-dealkylation sites (N-methyl/N-ethyl adjacent to an activating group) is 1. The minimum Gasteiger partial charge on any atom is -0.461 e. The number of carbonyl (C=O) groups excluding carboxylic acids is 3. The molecule has 0 radical (unpaired) electrons. The Morgan fingerprint density at radius 1 is 1.04 bits per heavy atom. The Balaban J connectivity index is 1.16. The first-order valence-electron chi connectivity index (χ1n) is 18.4. The number of ether oxygens (including phenoxy) is 7. The summed E-state index contributed by atoms with van der Waals surface area (Å²) in [4.78, 5) is 43.8. The van der Waals surface area contributed by atoms with Crippen molar-refractivity contribution < 1.29 is 47.5 Å². The van der Waals surface area contributed by atoms with Gasteiger partial charge in [0.1, 0.15) is 18.0 Å². The summed E-state index contributed by atoms with van der Waals surface area (Å²) in [6.07, 6.45) is 2.77. The van der Waals surface area contributed by atoms with Crippen LogP contribution in [0.3, 0.4) is 0 Å². The van der Waals surface area contributed by atoms with Gasteiger partial charge in [0.05, 0.1) is 48.3 Å². The average Bonchev–Trinajstić information content (AvgIpc) is 3.78. The minimum absolute atomic E-state index is 0.0457. The maximum atomic E-state index is 14.2. The van der Waals surface area contributed by atoms with Crippen molar-refractivity contribution in [2.75, 3.05) is 59.8 Å². The van der Waals surface area contributed by atoms with Crippen LogP contribution in [-0.4, -0.2) is 119 Å². The molecule has 3 aliphatic heterocycles. The normalized spacial score (nSPS) is 48.3. The molecule has 3 saturated heterocycles. The summed E-state index contributed by atoms with van der Waals surface area (Å²) in [5, 5.41) is 0. The number of likely N-dealkylation sites (tertiary alicyclic amines) is 1. The molecule has 8 aliphatic rings. The topological polar surface area (TPSA) is 122 Å². The molecular formula is C38H50N2O10. The third-order valence-electron chi connectivity index (χ3n) is 15.1. The summed E-state index contributed by atoms with van der Waals surface area (Å²) in [5.74, 6) is -1.22. The number of fused-ring (bicyclic) bond motifs is 1. The van der Waals surface area contributed by atoms with Crippen LogP contribution in [-0.2, 0) is 42.7 Å². The summed E-state index contributed by atoms with van der Waals surface area (Å²) in [6, 6.07) is 6.72. The van der Waals surface area contributed by atoms with Gasteiger partial charge in [-0.1, -0.05) is 26.0 Å². The first-order valence-corrected chi connectivity index (χ1v) is 18.4. The lowest BCUT2D eigenvalue weighted by Crippen LogP contribution is -2.81. The monoisotopic (exact) mass is 694 g/mol. The van der Waals surface area contributed by atoms with Crippen LogP contribution in [0.4, 0.5) is 5.69 Å². The van der Waals surface area contributed by atoms with Gasteiger partial charge in [-0.2, -0.15) is 0 Å². The van der Waals surface area contributed by atoms with Gasteiger partial charge >= 0.3 is 5.97 Å². The smallest absolute Gasteiger partial charge is 0.340 e. The molecule has 5 saturated carbocycles. The van der Waals surface area contributed by atoms with Gasteiger partial charge in [-0.25, -0.2) is 9.69 Å². The predicted molar refractivity (Wildman–Crippen MR) is 177 cm³/mol. The van der Waals surface area contributed by atoms with Gasteiger partial charge in [0.15, 0.2) is 0 Å². The van der Waals surface area contributed by atoms with E-state index in [9.17, 15) is 14.4 Å². The Morgan fingerprint density at radius 3 is 2.52 bits per heavy atom. The fraction of sp³-hybridized carbons (Fsp3) is 0.763. The Morgan fingerprint density at radius 2 is 1.84 bits per heavy atom. The van der Waals surface area contributed by atoms with Gasteiger partial charge in [0, 0.05) is 82.3 Å². The second kappa shape index (κ2) is 11.3. The second-order valence-electron chi connectivity index (χ2n) is 16.3. The maximum Gasteiger partial charge on any atom is 0.340 e. The molecule has 5 aliphatic carbocycles. The lowest BCUT2D eigenvalue weighted by atomic mass is 9.42. The molecule has 12 heteroatoms. The van der Waals surface area contributed by atoms with E-state index in [-0.39, 0.29) is 97.0 Å². The quantitative estimate of drug-likeness (QED) is 0.280. The predicted octanol–water partition coefficient (Wildman–Crippen LogP) is 3.05. The van der Waals surface area contributed by atoms with E-state index < -0.39 is 33.9 Å².